The van der Waals surface area contributed by atoms with Gasteiger partial charge in [-0.3, -0.25) is 14.4 Å². The lowest BCUT2D eigenvalue weighted by Crippen LogP contribution is -2.38. The molecule has 0 bridgehead atoms. The molecule has 0 radical (unpaired) electrons. The van der Waals surface area contributed by atoms with Gasteiger partial charge in [-0.1, -0.05) is 13.8 Å². The van der Waals surface area contributed by atoms with Gasteiger partial charge in [0.25, 0.3) is 10.9 Å². The lowest BCUT2D eigenvalue weighted by molar-refractivity contribution is -0.118. The lowest BCUT2D eigenvalue weighted by Gasteiger charge is -2.15. The molecule has 0 fully saturated rings. The van der Waals surface area contributed by atoms with Crippen molar-refractivity contribution in [2.24, 2.45) is 0 Å². The Bertz CT molecular complexity index is 650. The molecule has 0 saturated carbocycles. The number of carbonyl (C=O) groups excluding carboxylic acids is 1. The fraction of sp³-hybridized carbons (Fsp3) is 0.762. The van der Waals surface area contributed by atoms with Crippen molar-refractivity contribution in [2.75, 3.05) is 70.0 Å². The van der Waals surface area contributed by atoms with Crippen molar-refractivity contribution in [1.29, 1.82) is 0 Å². The fourth-order valence-corrected chi connectivity index (χ4v) is 2.21. The number of carbonyl (C=O) groups is 1. The van der Waals surface area contributed by atoms with E-state index in [2.05, 4.69) is 10.6 Å². The third kappa shape index (κ3) is 12.7. The predicted octanol–water partition coefficient (Wildman–Crippen LogP) is 2.08. The van der Waals surface area contributed by atoms with Crippen LogP contribution < -0.4 is 21.5 Å². The lowest BCUT2D eigenvalue weighted by atomic mass is 10.2. The van der Waals surface area contributed by atoms with Crippen LogP contribution in [0.15, 0.2) is 9.59 Å². The number of hydrogen-bond donors (Lipinski definition) is 2. The number of hydrogen-bond acceptors (Lipinski definition) is 9. The van der Waals surface area contributed by atoms with E-state index < -0.39 is 10.9 Å². The number of anilines is 2. The molecule has 0 unspecified atom stereocenters. The van der Waals surface area contributed by atoms with Crippen LogP contribution >= 0.6 is 0 Å². The van der Waals surface area contributed by atoms with E-state index in [0.717, 1.165) is 0 Å². The standard InChI is InChI=1S/C19H32N2O7.C2H6.2H2/c1-14(2)28-9-6-21-17-16(18(23)19(17)24)20-5-8-26-11-13-27-12-10-25-7-4-15(3)22;1-2;;/h14,20-21H,4-13H2,1-3H3;1-2H3;2*1H. The van der Waals surface area contributed by atoms with E-state index in [4.69, 9.17) is 18.9 Å². The minimum absolute atomic E-state index is 0. The number of ketones is 1. The molecule has 9 heteroatoms. The molecule has 9 nitrogen and oxygen atoms in total. The maximum Gasteiger partial charge on any atom is 0.253 e. The van der Waals surface area contributed by atoms with Crippen LogP contribution in [-0.2, 0) is 23.7 Å². The van der Waals surface area contributed by atoms with E-state index in [9.17, 15) is 14.4 Å². The molecule has 0 aliphatic carbocycles. The molecule has 178 valence electrons. The van der Waals surface area contributed by atoms with Crippen molar-refractivity contribution < 1.29 is 26.6 Å². The Morgan fingerprint density at radius 2 is 1.23 bits per heavy atom. The fourth-order valence-electron chi connectivity index (χ4n) is 2.21. The van der Waals surface area contributed by atoms with E-state index >= 15 is 0 Å². The van der Waals surface area contributed by atoms with E-state index in [1.165, 1.54) is 6.92 Å². The third-order valence-electron chi connectivity index (χ3n) is 3.66. The quantitative estimate of drug-likeness (QED) is 0.265. The molecule has 0 amide bonds. The first kappa shape index (κ1) is 28.2. The van der Waals surface area contributed by atoms with Crippen LogP contribution in [0.3, 0.4) is 0 Å². The third-order valence-corrected chi connectivity index (χ3v) is 3.66. The summed E-state index contributed by atoms with van der Waals surface area (Å²) in [6.45, 7) is 13.3. The van der Waals surface area contributed by atoms with Gasteiger partial charge in [-0.25, -0.2) is 0 Å². The van der Waals surface area contributed by atoms with E-state index in [1.807, 2.05) is 27.7 Å². The number of Topliss-reactive ketones (excluding diaryl/α,β-unsaturated/α-hetero) is 1. The van der Waals surface area contributed by atoms with Crippen LogP contribution in [0.1, 0.15) is 43.9 Å². The normalized spacial score (nSPS) is 10.7. The van der Waals surface area contributed by atoms with Crippen LogP contribution in [-0.4, -0.2) is 71.2 Å². The largest absolute Gasteiger partial charge is 0.379 e. The van der Waals surface area contributed by atoms with Crippen molar-refractivity contribution in [3.63, 3.8) is 0 Å². The average molecular weight is 435 g/mol. The van der Waals surface area contributed by atoms with Crippen molar-refractivity contribution in [3.05, 3.63) is 20.4 Å². The zero-order valence-electron chi connectivity index (χ0n) is 19.0. The van der Waals surface area contributed by atoms with Gasteiger partial charge in [0.1, 0.15) is 17.2 Å². The molecule has 0 aromatic heterocycles. The summed E-state index contributed by atoms with van der Waals surface area (Å²) in [5.41, 5.74) is -0.408. The first-order valence-corrected chi connectivity index (χ1v) is 10.6. The molecular formula is C21H42N2O7. The van der Waals surface area contributed by atoms with Crippen molar-refractivity contribution in [3.8, 4) is 0 Å². The summed E-state index contributed by atoms with van der Waals surface area (Å²) in [5.74, 6) is 0.106. The molecule has 30 heavy (non-hydrogen) atoms. The smallest absolute Gasteiger partial charge is 0.253 e. The van der Waals surface area contributed by atoms with Gasteiger partial charge < -0.3 is 29.6 Å². The Morgan fingerprint density at radius 3 is 1.70 bits per heavy atom. The second-order valence-electron chi connectivity index (χ2n) is 6.47. The minimum Gasteiger partial charge on any atom is -0.379 e. The first-order valence-electron chi connectivity index (χ1n) is 10.6. The maximum atomic E-state index is 11.6. The molecule has 0 saturated heterocycles. The first-order chi connectivity index (χ1) is 14.4. The monoisotopic (exact) mass is 434 g/mol. The molecule has 1 rings (SSSR count). The van der Waals surface area contributed by atoms with Gasteiger partial charge in [0.05, 0.1) is 52.4 Å². The Kier molecular flexibility index (Phi) is 16.9. The summed E-state index contributed by atoms with van der Waals surface area (Å²) >= 11 is 0. The molecule has 2 N–H and O–H groups in total. The summed E-state index contributed by atoms with van der Waals surface area (Å²) in [6, 6.07) is 0. The highest BCUT2D eigenvalue weighted by molar-refractivity contribution is 5.75. The summed E-state index contributed by atoms with van der Waals surface area (Å²) in [7, 11) is 0. The molecule has 0 heterocycles. The second kappa shape index (κ2) is 18.0. The molecule has 0 spiro atoms. The van der Waals surface area contributed by atoms with Gasteiger partial charge in [0.15, 0.2) is 0 Å². The van der Waals surface area contributed by atoms with Gasteiger partial charge in [-0.15, -0.1) is 0 Å². The molecule has 0 aliphatic rings. The Labute approximate surface area is 182 Å². The van der Waals surface area contributed by atoms with Crippen LogP contribution in [0.5, 0.6) is 0 Å². The molecule has 1 aromatic carbocycles. The molecular weight excluding hydrogens is 392 g/mol. The number of ether oxygens (including phenoxy) is 4. The summed E-state index contributed by atoms with van der Waals surface area (Å²) in [5, 5.41) is 5.86. The number of nitrogens with one attached hydrogen (secondary N) is 2. The molecule has 1 aromatic rings. The summed E-state index contributed by atoms with van der Waals surface area (Å²) in [6.07, 6.45) is 0.538. The van der Waals surface area contributed by atoms with Crippen molar-refractivity contribution in [1.82, 2.24) is 0 Å². The van der Waals surface area contributed by atoms with Gasteiger partial charge >= 0.3 is 0 Å². The highest BCUT2D eigenvalue weighted by atomic mass is 16.5. The zero-order valence-corrected chi connectivity index (χ0v) is 19.0. The van der Waals surface area contributed by atoms with E-state index in [-0.39, 0.29) is 14.7 Å². The predicted molar refractivity (Wildman–Crippen MR) is 123 cm³/mol. The van der Waals surface area contributed by atoms with Gasteiger partial charge in [0.2, 0.25) is 0 Å². The SMILES string of the molecule is CC.CC(=O)CCOCCOCCOCCNc1c(NCCOC(C)C)c(=O)c1=O.[HH].[HH]. The van der Waals surface area contributed by atoms with Crippen LogP contribution in [0.2, 0.25) is 0 Å². The second-order valence-corrected chi connectivity index (χ2v) is 6.47. The highest BCUT2D eigenvalue weighted by Gasteiger charge is 2.19. The van der Waals surface area contributed by atoms with Crippen molar-refractivity contribution in [2.45, 2.75) is 47.1 Å². The molecule has 0 atom stereocenters. The Morgan fingerprint density at radius 1 is 0.800 bits per heavy atom. The minimum atomic E-state index is -0.514. The summed E-state index contributed by atoms with van der Waals surface area (Å²) in [4.78, 5) is 34.0. The average Bonchev–Trinajstić information content (AvgIpc) is 2.73. The van der Waals surface area contributed by atoms with Gasteiger partial charge in [0, 0.05) is 22.4 Å². The van der Waals surface area contributed by atoms with Crippen LogP contribution in [0.25, 0.3) is 0 Å². The Balaban J connectivity index is -0.00000204. The van der Waals surface area contributed by atoms with Crippen molar-refractivity contribution >= 4 is 17.2 Å². The zero-order chi connectivity index (χ0) is 22.8. The van der Waals surface area contributed by atoms with Crippen LogP contribution in [0, 0.1) is 0 Å². The number of rotatable bonds is 18. The molecule has 0 aliphatic heterocycles. The highest BCUT2D eigenvalue weighted by Crippen LogP contribution is 2.13. The van der Waals surface area contributed by atoms with E-state index in [0.29, 0.717) is 77.1 Å². The Hall–Kier alpha value is -1.81. The van der Waals surface area contributed by atoms with Gasteiger partial charge in [-0.05, 0) is 20.8 Å². The topological polar surface area (TPSA) is 112 Å². The van der Waals surface area contributed by atoms with Gasteiger partial charge in [-0.2, -0.15) is 0 Å². The summed E-state index contributed by atoms with van der Waals surface area (Å²) < 4.78 is 21.4. The maximum absolute atomic E-state index is 11.6. The van der Waals surface area contributed by atoms with Crippen LogP contribution in [0.4, 0.5) is 11.4 Å². The van der Waals surface area contributed by atoms with E-state index in [1.54, 1.807) is 0 Å².